The number of hydrogen-bond acceptors (Lipinski definition) is 4. The van der Waals surface area contributed by atoms with E-state index in [0.29, 0.717) is 6.42 Å². The maximum Gasteiger partial charge on any atom is 0.306 e. The lowest BCUT2D eigenvalue weighted by Gasteiger charge is -2.09. The molecule has 0 aliphatic carbocycles. The minimum Gasteiger partial charge on any atom is -0.481 e. The lowest BCUT2D eigenvalue weighted by Crippen LogP contribution is -2.17. The number of carboxylic acid groups (broad SMARTS) is 1. The molecule has 14 heavy (non-hydrogen) atoms. The summed E-state index contributed by atoms with van der Waals surface area (Å²) in [5, 5.41) is 8.73. The van der Waals surface area contributed by atoms with E-state index in [1.165, 1.54) is 0 Å². The molecule has 0 fully saturated rings. The van der Waals surface area contributed by atoms with Crippen LogP contribution in [-0.2, 0) is 19.1 Å². The van der Waals surface area contributed by atoms with Crippen LogP contribution in [0.1, 0.15) is 26.2 Å². The lowest BCUT2D eigenvalue weighted by atomic mass is 10.0. The van der Waals surface area contributed by atoms with Gasteiger partial charge in [0.1, 0.15) is 0 Å². The summed E-state index contributed by atoms with van der Waals surface area (Å²) in [6, 6.07) is 0. The topological polar surface area (TPSA) is 80.7 Å². The van der Waals surface area contributed by atoms with Crippen molar-refractivity contribution in [3.05, 3.63) is 0 Å². The van der Waals surface area contributed by atoms with Crippen molar-refractivity contribution in [2.45, 2.75) is 26.2 Å². The number of carbonyl (C=O) groups is 1. The summed E-state index contributed by atoms with van der Waals surface area (Å²) in [5.74, 6) is -1.41. The number of rotatable bonds is 7. The molecule has 0 heterocycles. The first-order valence-electron chi connectivity index (χ1n) is 4.44. The Balaban J connectivity index is 3.89. The van der Waals surface area contributed by atoms with Gasteiger partial charge in [0.15, 0.2) is 0 Å². The Morgan fingerprint density at radius 1 is 1.43 bits per heavy atom. The second-order valence-electron chi connectivity index (χ2n) is 3.14. The molecule has 0 rings (SSSR count). The summed E-state index contributed by atoms with van der Waals surface area (Å²) in [6.45, 7) is 1.82. The fraction of sp³-hybridized carbons (Fsp3) is 0.875. The molecule has 1 unspecified atom stereocenters. The molecule has 1 N–H and O–H groups in total. The van der Waals surface area contributed by atoms with E-state index < -0.39 is 22.0 Å². The molecule has 0 aliphatic rings. The molecule has 0 radical (unpaired) electrons. The van der Waals surface area contributed by atoms with Gasteiger partial charge in [0.2, 0.25) is 0 Å². The molecule has 0 saturated heterocycles. The molecule has 0 aromatic carbocycles. The summed E-state index contributed by atoms with van der Waals surface area (Å²) in [5.41, 5.74) is 0. The molecular formula is C8H16O5S. The fourth-order valence-corrected chi connectivity index (χ4v) is 1.48. The van der Waals surface area contributed by atoms with Crippen LogP contribution in [-0.4, -0.2) is 32.4 Å². The molecule has 0 bridgehead atoms. The lowest BCUT2D eigenvalue weighted by molar-refractivity contribution is -0.142. The van der Waals surface area contributed by atoms with Gasteiger partial charge in [-0.25, -0.2) is 0 Å². The van der Waals surface area contributed by atoms with E-state index in [2.05, 4.69) is 4.18 Å². The summed E-state index contributed by atoms with van der Waals surface area (Å²) >= 11 is 0. The van der Waals surface area contributed by atoms with Crippen molar-refractivity contribution in [3.8, 4) is 0 Å². The van der Waals surface area contributed by atoms with Crippen molar-refractivity contribution in [3.63, 3.8) is 0 Å². The highest BCUT2D eigenvalue weighted by Gasteiger charge is 2.16. The molecule has 1 atom stereocenters. The quantitative estimate of drug-likeness (QED) is 0.648. The van der Waals surface area contributed by atoms with Gasteiger partial charge >= 0.3 is 5.97 Å². The highest BCUT2D eigenvalue weighted by Crippen LogP contribution is 2.11. The van der Waals surface area contributed by atoms with E-state index in [0.717, 1.165) is 12.7 Å². The van der Waals surface area contributed by atoms with Crippen LogP contribution in [0.15, 0.2) is 0 Å². The molecule has 6 heteroatoms. The van der Waals surface area contributed by atoms with Gasteiger partial charge < -0.3 is 5.11 Å². The van der Waals surface area contributed by atoms with E-state index in [1.807, 2.05) is 6.92 Å². The van der Waals surface area contributed by atoms with Crippen molar-refractivity contribution >= 4 is 16.1 Å². The van der Waals surface area contributed by atoms with E-state index in [9.17, 15) is 13.2 Å². The van der Waals surface area contributed by atoms with E-state index in [4.69, 9.17) is 5.11 Å². The first-order chi connectivity index (χ1) is 6.37. The number of hydrogen-bond donors (Lipinski definition) is 1. The monoisotopic (exact) mass is 224 g/mol. The normalized spacial score (nSPS) is 13.9. The van der Waals surface area contributed by atoms with Crippen LogP contribution in [0.25, 0.3) is 0 Å². The minimum atomic E-state index is -3.45. The summed E-state index contributed by atoms with van der Waals surface area (Å²) in [6.07, 6.45) is 2.48. The Morgan fingerprint density at radius 2 is 2.00 bits per heavy atom. The van der Waals surface area contributed by atoms with Gasteiger partial charge in [-0.15, -0.1) is 0 Å². The van der Waals surface area contributed by atoms with Crippen molar-refractivity contribution in [1.29, 1.82) is 0 Å². The van der Waals surface area contributed by atoms with Gasteiger partial charge in [0.25, 0.3) is 10.1 Å². The third-order valence-electron chi connectivity index (χ3n) is 1.75. The van der Waals surface area contributed by atoms with Crippen LogP contribution < -0.4 is 0 Å². The third-order valence-corrected chi connectivity index (χ3v) is 2.34. The fourth-order valence-electron chi connectivity index (χ4n) is 1.08. The van der Waals surface area contributed by atoms with Crippen LogP contribution in [0.4, 0.5) is 0 Å². The van der Waals surface area contributed by atoms with Crippen LogP contribution in [0.3, 0.4) is 0 Å². The van der Waals surface area contributed by atoms with Gasteiger partial charge in [-0.2, -0.15) is 8.42 Å². The summed E-state index contributed by atoms with van der Waals surface area (Å²) in [7, 11) is -3.45. The number of carboxylic acids is 1. The predicted molar refractivity (Wildman–Crippen MR) is 51.4 cm³/mol. The average molecular weight is 224 g/mol. The van der Waals surface area contributed by atoms with Crippen LogP contribution in [0.5, 0.6) is 0 Å². The Labute approximate surface area is 84.2 Å². The Kier molecular flexibility index (Phi) is 5.71. The van der Waals surface area contributed by atoms with Crippen LogP contribution in [0, 0.1) is 5.92 Å². The van der Waals surface area contributed by atoms with Crippen LogP contribution >= 0.6 is 0 Å². The zero-order valence-corrected chi connectivity index (χ0v) is 9.21. The van der Waals surface area contributed by atoms with Crippen molar-refractivity contribution in [1.82, 2.24) is 0 Å². The Hall–Kier alpha value is -0.620. The minimum absolute atomic E-state index is 0.0597. The SMILES string of the molecule is CCCC(CCOS(C)(=O)=O)C(=O)O. The maximum atomic E-state index is 10.6. The Morgan fingerprint density at radius 3 is 2.36 bits per heavy atom. The molecular weight excluding hydrogens is 208 g/mol. The summed E-state index contributed by atoms with van der Waals surface area (Å²) < 4.78 is 25.6. The Bertz CT molecular complexity index is 269. The molecule has 0 aliphatic heterocycles. The van der Waals surface area contributed by atoms with E-state index in [1.54, 1.807) is 0 Å². The first kappa shape index (κ1) is 13.4. The van der Waals surface area contributed by atoms with Crippen LogP contribution in [0.2, 0.25) is 0 Å². The molecule has 0 saturated carbocycles. The van der Waals surface area contributed by atoms with Gasteiger partial charge in [0.05, 0.1) is 18.8 Å². The maximum absolute atomic E-state index is 10.6. The standard InChI is InChI=1S/C8H16O5S/c1-3-4-7(8(9)10)5-6-13-14(2,11)12/h7H,3-6H2,1-2H3,(H,9,10). The molecule has 5 nitrogen and oxygen atoms in total. The molecule has 0 aromatic rings. The zero-order chi connectivity index (χ0) is 11.2. The number of aliphatic carboxylic acids is 1. The molecule has 0 amide bonds. The van der Waals surface area contributed by atoms with Gasteiger partial charge in [-0.3, -0.25) is 8.98 Å². The first-order valence-corrected chi connectivity index (χ1v) is 6.25. The second-order valence-corrected chi connectivity index (χ2v) is 4.78. The van der Waals surface area contributed by atoms with Gasteiger partial charge in [-0.05, 0) is 12.8 Å². The van der Waals surface area contributed by atoms with Crippen molar-refractivity contribution in [2.24, 2.45) is 5.92 Å². The van der Waals surface area contributed by atoms with Crippen molar-refractivity contribution in [2.75, 3.05) is 12.9 Å². The van der Waals surface area contributed by atoms with E-state index >= 15 is 0 Å². The molecule has 84 valence electrons. The van der Waals surface area contributed by atoms with Gasteiger partial charge in [0, 0.05) is 0 Å². The second kappa shape index (κ2) is 5.98. The smallest absolute Gasteiger partial charge is 0.306 e. The highest BCUT2D eigenvalue weighted by molar-refractivity contribution is 7.85. The predicted octanol–water partition coefficient (Wildman–Crippen LogP) is 0.854. The average Bonchev–Trinajstić information content (AvgIpc) is 2.00. The molecule has 0 aromatic heterocycles. The van der Waals surface area contributed by atoms with Crippen molar-refractivity contribution < 1.29 is 22.5 Å². The van der Waals surface area contributed by atoms with Gasteiger partial charge in [-0.1, -0.05) is 13.3 Å². The molecule has 0 spiro atoms. The zero-order valence-electron chi connectivity index (χ0n) is 8.39. The van der Waals surface area contributed by atoms with E-state index in [-0.39, 0.29) is 13.0 Å². The largest absolute Gasteiger partial charge is 0.481 e. The highest BCUT2D eigenvalue weighted by atomic mass is 32.2. The summed E-state index contributed by atoms with van der Waals surface area (Å²) in [4.78, 5) is 10.6. The third kappa shape index (κ3) is 6.85.